The van der Waals surface area contributed by atoms with Crippen LogP contribution in [0.3, 0.4) is 0 Å². The van der Waals surface area contributed by atoms with Gasteiger partial charge in [-0.25, -0.2) is 0 Å². The molecule has 1 rings (SSSR count). The minimum Gasteiger partial charge on any atom is -0.480 e. The van der Waals surface area contributed by atoms with Crippen molar-refractivity contribution in [1.82, 2.24) is 5.32 Å². The minimum atomic E-state index is -1.03. The van der Waals surface area contributed by atoms with Crippen LogP contribution in [-0.2, 0) is 9.59 Å². The van der Waals surface area contributed by atoms with Gasteiger partial charge in [-0.1, -0.05) is 44.2 Å². The molecule has 0 radical (unpaired) electrons. The van der Waals surface area contributed by atoms with E-state index in [0.29, 0.717) is 0 Å². The van der Waals surface area contributed by atoms with Crippen LogP contribution in [0.5, 0.6) is 0 Å². The van der Waals surface area contributed by atoms with Crippen LogP contribution >= 0.6 is 0 Å². The summed E-state index contributed by atoms with van der Waals surface area (Å²) < 4.78 is 0. The normalized spacial score (nSPS) is 12.2. The summed E-state index contributed by atoms with van der Waals surface area (Å²) in [7, 11) is 0. The number of aliphatic carboxylic acids is 1. The van der Waals surface area contributed by atoms with Crippen LogP contribution in [0, 0.1) is 5.92 Å². The number of carbonyl (C=O) groups is 2. The van der Waals surface area contributed by atoms with Gasteiger partial charge in [0.2, 0.25) is 5.91 Å². The summed E-state index contributed by atoms with van der Waals surface area (Å²) in [5, 5.41) is 11.0. The van der Waals surface area contributed by atoms with E-state index in [1.807, 2.05) is 44.2 Å². The Bertz CT molecular complexity index is 387. The molecule has 0 heterocycles. The van der Waals surface area contributed by atoms with Gasteiger partial charge >= 0.3 is 5.97 Å². The number of hydrogen-bond acceptors (Lipinski definition) is 2. The van der Waals surface area contributed by atoms with Crippen LogP contribution in [0.4, 0.5) is 0 Å². The van der Waals surface area contributed by atoms with Gasteiger partial charge in [0.15, 0.2) is 0 Å². The Morgan fingerprint density at radius 1 is 1.24 bits per heavy atom. The maximum absolute atomic E-state index is 11.9. The lowest BCUT2D eigenvalue weighted by Crippen LogP contribution is -2.35. The first kappa shape index (κ1) is 13.2. The fourth-order valence-electron chi connectivity index (χ4n) is 1.77. The van der Waals surface area contributed by atoms with Crippen molar-refractivity contribution in [3.8, 4) is 0 Å². The molecule has 0 aliphatic carbocycles. The summed E-state index contributed by atoms with van der Waals surface area (Å²) in [5.41, 5.74) is 0.908. The zero-order valence-corrected chi connectivity index (χ0v) is 10.0. The molecule has 0 bridgehead atoms. The van der Waals surface area contributed by atoms with Crippen LogP contribution in [0.1, 0.15) is 25.3 Å². The van der Waals surface area contributed by atoms with E-state index in [9.17, 15) is 9.59 Å². The predicted octanol–water partition coefficient (Wildman–Crippen LogP) is 1.63. The fraction of sp³-hybridized carbons (Fsp3) is 0.385. The molecule has 0 saturated carbocycles. The molecule has 0 saturated heterocycles. The average molecular weight is 235 g/mol. The summed E-state index contributed by atoms with van der Waals surface area (Å²) >= 11 is 0. The van der Waals surface area contributed by atoms with Crippen molar-refractivity contribution in [1.29, 1.82) is 0 Å². The number of amides is 1. The van der Waals surface area contributed by atoms with Gasteiger partial charge in [-0.3, -0.25) is 9.59 Å². The van der Waals surface area contributed by atoms with Crippen molar-refractivity contribution in [3.63, 3.8) is 0 Å². The van der Waals surface area contributed by atoms with Crippen LogP contribution in [-0.4, -0.2) is 23.5 Å². The van der Waals surface area contributed by atoms with E-state index in [1.165, 1.54) is 0 Å². The minimum absolute atomic E-state index is 0.117. The monoisotopic (exact) mass is 235 g/mol. The van der Waals surface area contributed by atoms with E-state index < -0.39 is 5.97 Å². The second kappa shape index (κ2) is 6.03. The maximum atomic E-state index is 11.9. The van der Waals surface area contributed by atoms with Crippen molar-refractivity contribution in [2.24, 2.45) is 5.92 Å². The summed E-state index contributed by atoms with van der Waals surface area (Å²) in [6, 6.07) is 9.39. The van der Waals surface area contributed by atoms with Gasteiger partial charge in [-0.05, 0) is 11.5 Å². The second-order valence-corrected chi connectivity index (χ2v) is 4.24. The predicted molar refractivity (Wildman–Crippen MR) is 64.7 cm³/mol. The summed E-state index contributed by atoms with van der Waals surface area (Å²) in [6.07, 6.45) is 0. The van der Waals surface area contributed by atoms with Crippen molar-refractivity contribution in [3.05, 3.63) is 35.9 Å². The number of rotatable bonds is 5. The topological polar surface area (TPSA) is 66.4 Å². The highest BCUT2D eigenvalue weighted by atomic mass is 16.4. The number of hydrogen-bond donors (Lipinski definition) is 2. The highest BCUT2D eigenvalue weighted by molar-refractivity contribution is 5.86. The molecule has 1 aromatic carbocycles. The molecule has 0 unspecified atom stereocenters. The molecule has 4 nitrogen and oxygen atoms in total. The van der Waals surface area contributed by atoms with E-state index in [-0.39, 0.29) is 24.3 Å². The number of carboxylic acids is 1. The van der Waals surface area contributed by atoms with Gasteiger partial charge in [-0.2, -0.15) is 0 Å². The highest BCUT2D eigenvalue weighted by Gasteiger charge is 2.23. The quantitative estimate of drug-likeness (QED) is 0.815. The van der Waals surface area contributed by atoms with Gasteiger partial charge in [-0.15, -0.1) is 0 Å². The van der Waals surface area contributed by atoms with Crippen LogP contribution in [0.15, 0.2) is 30.3 Å². The van der Waals surface area contributed by atoms with Crippen molar-refractivity contribution in [2.45, 2.75) is 19.8 Å². The molecule has 2 N–H and O–H groups in total. The van der Waals surface area contributed by atoms with E-state index in [2.05, 4.69) is 5.32 Å². The Morgan fingerprint density at radius 2 is 1.82 bits per heavy atom. The van der Waals surface area contributed by atoms with Gasteiger partial charge in [0.1, 0.15) is 6.54 Å². The summed E-state index contributed by atoms with van der Waals surface area (Å²) in [4.78, 5) is 22.3. The van der Waals surface area contributed by atoms with Crippen LogP contribution in [0.2, 0.25) is 0 Å². The van der Waals surface area contributed by atoms with Gasteiger partial charge < -0.3 is 10.4 Å². The van der Waals surface area contributed by atoms with Gasteiger partial charge in [0.25, 0.3) is 0 Å². The molecule has 92 valence electrons. The summed E-state index contributed by atoms with van der Waals surface area (Å²) in [5.74, 6) is -1.47. The zero-order chi connectivity index (χ0) is 12.8. The zero-order valence-electron chi connectivity index (χ0n) is 10.0. The van der Waals surface area contributed by atoms with Gasteiger partial charge in [0.05, 0.1) is 5.92 Å². The molecule has 0 aliphatic rings. The third-order valence-electron chi connectivity index (χ3n) is 2.52. The first-order chi connectivity index (χ1) is 8.02. The van der Waals surface area contributed by atoms with E-state index >= 15 is 0 Å². The molecule has 1 amide bonds. The molecule has 17 heavy (non-hydrogen) atoms. The number of nitrogens with one attached hydrogen (secondary N) is 1. The van der Waals surface area contributed by atoms with Crippen molar-refractivity contribution < 1.29 is 14.7 Å². The SMILES string of the molecule is CC(C)[C@@H](C(=O)NCC(=O)O)c1ccccc1. The van der Waals surface area contributed by atoms with E-state index in [4.69, 9.17) is 5.11 Å². The van der Waals surface area contributed by atoms with Crippen LogP contribution < -0.4 is 5.32 Å². The number of carboxylic acid groups (broad SMARTS) is 1. The molecule has 0 spiro atoms. The molecular formula is C13H17NO3. The first-order valence-corrected chi connectivity index (χ1v) is 5.57. The molecule has 0 aromatic heterocycles. The third kappa shape index (κ3) is 3.90. The standard InChI is InChI=1S/C13H17NO3/c1-9(2)12(10-6-4-3-5-7-10)13(17)14-8-11(15)16/h3-7,9,12H,8H2,1-2H3,(H,14,17)(H,15,16)/t12-/m1/s1. The highest BCUT2D eigenvalue weighted by Crippen LogP contribution is 2.24. The fourth-order valence-corrected chi connectivity index (χ4v) is 1.77. The smallest absolute Gasteiger partial charge is 0.322 e. The molecule has 4 heteroatoms. The number of benzene rings is 1. The Morgan fingerprint density at radius 3 is 2.29 bits per heavy atom. The van der Waals surface area contributed by atoms with E-state index in [1.54, 1.807) is 0 Å². The maximum Gasteiger partial charge on any atom is 0.322 e. The Balaban J connectivity index is 2.80. The number of carbonyl (C=O) groups excluding carboxylic acids is 1. The lowest BCUT2D eigenvalue weighted by atomic mass is 9.88. The molecule has 1 atom stereocenters. The average Bonchev–Trinajstić information content (AvgIpc) is 2.27. The van der Waals surface area contributed by atoms with Crippen LogP contribution in [0.25, 0.3) is 0 Å². The third-order valence-corrected chi connectivity index (χ3v) is 2.52. The second-order valence-electron chi connectivity index (χ2n) is 4.24. The Hall–Kier alpha value is -1.84. The first-order valence-electron chi connectivity index (χ1n) is 5.57. The molecule has 0 fully saturated rings. The van der Waals surface area contributed by atoms with Crippen molar-refractivity contribution in [2.75, 3.05) is 6.54 Å². The lowest BCUT2D eigenvalue weighted by molar-refractivity contribution is -0.138. The molecule has 1 aromatic rings. The Labute approximate surface area is 101 Å². The molecular weight excluding hydrogens is 218 g/mol. The Kier molecular flexibility index (Phi) is 4.69. The summed E-state index contributed by atoms with van der Waals surface area (Å²) in [6.45, 7) is 3.55. The largest absolute Gasteiger partial charge is 0.480 e. The van der Waals surface area contributed by atoms with E-state index in [0.717, 1.165) is 5.56 Å². The van der Waals surface area contributed by atoms with Crippen molar-refractivity contribution >= 4 is 11.9 Å². The lowest BCUT2D eigenvalue weighted by Gasteiger charge is -2.20. The molecule has 0 aliphatic heterocycles. The van der Waals surface area contributed by atoms with Gasteiger partial charge in [0, 0.05) is 0 Å².